The quantitative estimate of drug-likeness (QED) is 0.805. The van der Waals surface area contributed by atoms with Crippen LogP contribution in [0.25, 0.3) is 0 Å². The Kier molecular flexibility index (Phi) is 4.11. The highest BCUT2D eigenvalue weighted by Gasteiger charge is 2.42. The molecule has 2 fully saturated rings. The lowest BCUT2D eigenvalue weighted by molar-refractivity contribution is 0.280. The predicted octanol–water partition coefficient (Wildman–Crippen LogP) is 2.49. The first-order valence-corrected chi connectivity index (χ1v) is 9.99. The van der Waals surface area contributed by atoms with Gasteiger partial charge in [0.1, 0.15) is 9.20 Å². The third-order valence-corrected chi connectivity index (χ3v) is 8.38. The Bertz CT molecular complexity index is 653. The molecule has 7 heteroatoms. The van der Waals surface area contributed by atoms with Gasteiger partial charge in [-0.1, -0.05) is 18.6 Å². The summed E-state index contributed by atoms with van der Waals surface area (Å²) in [5.41, 5.74) is 5.54. The Balaban J connectivity index is 1.71. The van der Waals surface area contributed by atoms with E-state index in [4.69, 9.17) is 18.0 Å². The Labute approximate surface area is 135 Å². The molecule has 1 aromatic rings. The third-order valence-electron chi connectivity index (χ3n) is 4.87. The molecule has 0 amide bonds. The van der Waals surface area contributed by atoms with E-state index in [9.17, 15) is 8.42 Å². The van der Waals surface area contributed by atoms with Crippen molar-refractivity contribution in [2.24, 2.45) is 23.5 Å². The molecule has 2 bridgehead atoms. The summed E-state index contributed by atoms with van der Waals surface area (Å²) in [6.07, 6.45) is 5.02. The van der Waals surface area contributed by atoms with Crippen molar-refractivity contribution in [3.8, 4) is 0 Å². The summed E-state index contributed by atoms with van der Waals surface area (Å²) in [5.74, 6) is 1.99. The van der Waals surface area contributed by atoms with Crippen molar-refractivity contribution in [2.45, 2.75) is 42.9 Å². The minimum Gasteiger partial charge on any atom is -0.389 e. The molecule has 4 atom stereocenters. The molecular formula is C14H20N2O2S3. The van der Waals surface area contributed by atoms with Crippen LogP contribution in [0.1, 0.15) is 37.5 Å². The maximum atomic E-state index is 12.5. The van der Waals surface area contributed by atoms with Gasteiger partial charge in [-0.05, 0) is 56.1 Å². The van der Waals surface area contributed by atoms with Crippen molar-refractivity contribution in [1.29, 1.82) is 0 Å². The summed E-state index contributed by atoms with van der Waals surface area (Å²) in [6.45, 7) is 1.99. The molecular weight excluding hydrogens is 324 g/mol. The van der Waals surface area contributed by atoms with Gasteiger partial charge >= 0.3 is 0 Å². The molecule has 4 nitrogen and oxygen atoms in total. The summed E-state index contributed by atoms with van der Waals surface area (Å²) < 4.78 is 28.1. The summed E-state index contributed by atoms with van der Waals surface area (Å²) >= 11 is 6.01. The molecule has 0 saturated heterocycles. The van der Waals surface area contributed by atoms with E-state index >= 15 is 0 Å². The van der Waals surface area contributed by atoms with Crippen LogP contribution < -0.4 is 10.5 Å². The fourth-order valence-electron chi connectivity index (χ4n) is 3.89. The fourth-order valence-corrected chi connectivity index (χ4v) is 6.56. The lowest BCUT2D eigenvalue weighted by Crippen LogP contribution is -2.39. The molecule has 1 heterocycles. The number of sulfonamides is 1. The van der Waals surface area contributed by atoms with Crippen LogP contribution in [-0.4, -0.2) is 19.4 Å². The van der Waals surface area contributed by atoms with E-state index < -0.39 is 10.0 Å². The Morgan fingerprint density at radius 3 is 2.71 bits per heavy atom. The SMILES string of the molecule is CC(NS(=O)(=O)c1ccc(C(N)=S)s1)C1CC2CCC1C2. The minimum absolute atomic E-state index is 0.0133. The lowest BCUT2D eigenvalue weighted by Gasteiger charge is -2.28. The fraction of sp³-hybridized carbons (Fsp3) is 0.643. The number of thiophene rings is 1. The zero-order valence-corrected chi connectivity index (χ0v) is 14.4. The van der Waals surface area contributed by atoms with Crippen LogP contribution in [0.5, 0.6) is 0 Å². The molecule has 0 radical (unpaired) electrons. The van der Waals surface area contributed by atoms with Crippen LogP contribution in [0.4, 0.5) is 0 Å². The number of nitrogens with one attached hydrogen (secondary N) is 1. The highest BCUT2D eigenvalue weighted by atomic mass is 32.2. The second-order valence-corrected chi connectivity index (χ2v) is 9.70. The van der Waals surface area contributed by atoms with Crippen LogP contribution >= 0.6 is 23.6 Å². The van der Waals surface area contributed by atoms with E-state index in [0.29, 0.717) is 20.9 Å². The van der Waals surface area contributed by atoms with E-state index in [1.807, 2.05) is 6.92 Å². The van der Waals surface area contributed by atoms with E-state index in [1.165, 1.54) is 19.3 Å². The van der Waals surface area contributed by atoms with Crippen LogP contribution in [0.15, 0.2) is 16.3 Å². The zero-order valence-electron chi connectivity index (χ0n) is 11.9. The molecule has 4 unspecified atom stereocenters. The number of hydrogen-bond donors (Lipinski definition) is 2. The maximum Gasteiger partial charge on any atom is 0.250 e. The molecule has 0 aromatic carbocycles. The molecule has 2 aliphatic carbocycles. The molecule has 3 N–H and O–H groups in total. The Hall–Kier alpha value is -0.500. The Morgan fingerprint density at radius 1 is 1.43 bits per heavy atom. The average molecular weight is 345 g/mol. The van der Waals surface area contributed by atoms with Gasteiger partial charge < -0.3 is 5.73 Å². The van der Waals surface area contributed by atoms with Gasteiger partial charge in [0.2, 0.25) is 10.0 Å². The highest BCUT2D eigenvalue weighted by Crippen LogP contribution is 2.49. The summed E-state index contributed by atoms with van der Waals surface area (Å²) in [5, 5.41) is 0. The van der Waals surface area contributed by atoms with E-state index in [2.05, 4.69) is 4.72 Å². The van der Waals surface area contributed by atoms with Crippen molar-refractivity contribution in [3.05, 3.63) is 17.0 Å². The van der Waals surface area contributed by atoms with Crippen molar-refractivity contribution in [1.82, 2.24) is 4.72 Å². The number of fused-ring (bicyclic) bond motifs is 2. The zero-order chi connectivity index (χ0) is 15.2. The first-order valence-electron chi connectivity index (χ1n) is 7.29. The van der Waals surface area contributed by atoms with Gasteiger partial charge in [0.05, 0.1) is 4.88 Å². The number of thiocarbonyl (C=S) groups is 1. The van der Waals surface area contributed by atoms with E-state index in [1.54, 1.807) is 12.1 Å². The molecule has 0 aliphatic heterocycles. The molecule has 116 valence electrons. The standard InChI is InChI=1S/C14H20N2O2S3/c1-8(11-7-9-2-3-10(11)6-9)16-21(17,18)13-5-4-12(20-13)14(15)19/h4-5,8-11,16H,2-3,6-7H2,1H3,(H2,15,19). The van der Waals surface area contributed by atoms with Crippen molar-refractivity contribution in [3.63, 3.8) is 0 Å². The molecule has 2 aliphatic rings. The Morgan fingerprint density at radius 2 is 2.19 bits per heavy atom. The molecule has 0 spiro atoms. The maximum absolute atomic E-state index is 12.5. The number of rotatable bonds is 5. The second kappa shape index (κ2) is 5.61. The highest BCUT2D eigenvalue weighted by molar-refractivity contribution is 7.91. The number of hydrogen-bond acceptors (Lipinski definition) is 4. The normalized spacial score (nSPS) is 29.7. The lowest BCUT2D eigenvalue weighted by atomic mass is 9.84. The van der Waals surface area contributed by atoms with Gasteiger partial charge in [0.25, 0.3) is 0 Å². The van der Waals surface area contributed by atoms with Gasteiger partial charge in [0.15, 0.2) is 0 Å². The summed E-state index contributed by atoms with van der Waals surface area (Å²) in [7, 11) is -3.47. The van der Waals surface area contributed by atoms with Crippen LogP contribution in [0.2, 0.25) is 0 Å². The topological polar surface area (TPSA) is 72.2 Å². The van der Waals surface area contributed by atoms with E-state index in [-0.39, 0.29) is 11.0 Å². The van der Waals surface area contributed by atoms with Gasteiger partial charge in [-0.2, -0.15) is 0 Å². The molecule has 21 heavy (non-hydrogen) atoms. The smallest absolute Gasteiger partial charge is 0.250 e. The first-order chi connectivity index (χ1) is 9.87. The molecule has 3 rings (SSSR count). The molecule has 1 aromatic heterocycles. The van der Waals surface area contributed by atoms with Crippen molar-refractivity contribution in [2.75, 3.05) is 0 Å². The second-order valence-electron chi connectivity index (χ2n) is 6.23. The van der Waals surface area contributed by atoms with Gasteiger partial charge in [-0.25, -0.2) is 13.1 Å². The molecule has 2 saturated carbocycles. The van der Waals surface area contributed by atoms with Crippen LogP contribution in [-0.2, 0) is 10.0 Å². The van der Waals surface area contributed by atoms with Crippen molar-refractivity contribution >= 4 is 38.6 Å². The summed E-state index contributed by atoms with van der Waals surface area (Å²) in [4.78, 5) is 0.876. The van der Waals surface area contributed by atoms with E-state index in [0.717, 1.165) is 23.7 Å². The van der Waals surface area contributed by atoms with Gasteiger partial charge in [-0.3, -0.25) is 0 Å². The largest absolute Gasteiger partial charge is 0.389 e. The third kappa shape index (κ3) is 3.02. The predicted molar refractivity (Wildman–Crippen MR) is 88.9 cm³/mol. The van der Waals surface area contributed by atoms with Gasteiger partial charge in [-0.15, -0.1) is 11.3 Å². The number of nitrogens with two attached hydrogens (primary N) is 1. The van der Waals surface area contributed by atoms with Crippen LogP contribution in [0, 0.1) is 17.8 Å². The van der Waals surface area contributed by atoms with Gasteiger partial charge in [0, 0.05) is 6.04 Å². The minimum atomic E-state index is -3.47. The average Bonchev–Trinajstić information content (AvgIpc) is 3.13. The first kappa shape index (κ1) is 15.4. The summed E-state index contributed by atoms with van der Waals surface area (Å²) in [6, 6.07) is 3.24. The van der Waals surface area contributed by atoms with Crippen molar-refractivity contribution < 1.29 is 8.42 Å². The van der Waals surface area contributed by atoms with Crippen LogP contribution in [0.3, 0.4) is 0 Å². The monoisotopic (exact) mass is 344 g/mol.